The summed E-state index contributed by atoms with van der Waals surface area (Å²) in [6.45, 7) is 2.01. The van der Waals surface area contributed by atoms with Crippen LogP contribution in [0.3, 0.4) is 0 Å². The van der Waals surface area contributed by atoms with E-state index in [9.17, 15) is 9.90 Å². The first-order valence-electron chi connectivity index (χ1n) is 9.25. The van der Waals surface area contributed by atoms with E-state index in [1.54, 1.807) is 12.1 Å². The molecule has 0 bridgehead atoms. The molecule has 0 radical (unpaired) electrons. The molecule has 1 atom stereocenters. The Morgan fingerprint density at radius 1 is 1.11 bits per heavy atom. The summed E-state index contributed by atoms with van der Waals surface area (Å²) in [4.78, 5) is 12.8. The highest BCUT2D eigenvalue weighted by molar-refractivity contribution is 5.95. The van der Waals surface area contributed by atoms with Crippen molar-refractivity contribution in [2.24, 2.45) is 7.05 Å². The molecule has 1 unspecified atom stereocenters. The standard InChI is InChI=1S/C22H23N3O2/c1-14-21-19(4-3-5-20(21)25(2)24-14)23-22(27)17-8-6-15(7-9-17)16-10-12-18(26)13-11-16/h6-13,19,26H,3-5H2,1-2H3,(H,23,27). The highest BCUT2D eigenvalue weighted by Crippen LogP contribution is 2.32. The van der Waals surface area contributed by atoms with E-state index in [2.05, 4.69) is 10.4 Å². The van der Waals surface area contributed by atoms with Crippen LogP contribution in [0.5, 0.6) is 5.75 Å². The minimum absolute atomic E-state index is 0.0201. The third-order valence-electron chi connectivity index (χ3n) is 5.30. The number of benzene rings is 2. The van der Waals surface area contributed by atoms with Crippen LogP contribution in [0.2, 0.25) is 0 Å². The summed E-state index contributed by atoms with van der Waals surface area (Å²) in [5, 5.41) is 17.1. The molecule has 3 aromatic rings. The van der Waals surface area contributed by atoms with E-state index in [0.29, 0.717) is 5.56 Å². The number of amides is 1. The number of hydrogen-bond acceptors (Lipinski definition) is 3. The summed E-state index contributed by atoms with van der Waals surface area (Å²) in [6.07, 6.45) is 3.01. The quantitative estimate of drug-likeness (QED) is 0.743. The number of carbonyl (C=O) groups excluding carboxylic acids is 1. The van der Waals surface area contributed by atoms with Gasteiger partial charge in [-0.2, -0.15) is 5.10 Å². The Kier molecular flexibility index (Phi) is 4.44. The van der Waals surface area contributed by atoms with E-state index >= 15 is 0 Å². The second kappa shape index (κ2) is 6.91. The molecule has 4 rings (SSSR count). The minimum atomic E-state index is -0.0617. The molecule has 1 heterocycles. The van der Waals surface area contributed by atoms with Crippen molar-refractivity contribution in [1.29, 1.82) is 0 Å². The summed E-state index contributed by atoms with van der Waals surface area (Å²) < 4.78 is 1.94. The largest absolute Gasteiger partial charge is 0.508 e. The summed E-state index contributed by atoms with van der Waals surface area (Å²) in [6, 6.07) is 14.6. The molecule has 0 aliphatic heterocycles. The lowest BCUT2D eigenvalue weighted by atomic mass is 9.90. The number of nitrogens with one attached hydrogen (secondary N) is 1. The first-order chi connectivity index (χ1) is 13.0. The average molecular weight is 361 g/mol. The van der Waals surface area contributed by atoms with Gasteiger partial charge in [-0.3, -0.25) is 9.48 Å². The van der Waals surface area contributed by atoms with E-state index in [1.165, 1.54) is 11.3 Å². The van der Waals surface area contributed by atoms with Crippen LogP contribution >= 0.6 is 0 Å². The summed E-state index contributed by atoms with van der Waals surface area (Å²) >= 11 is 0. The average Bonchev–Trinajstić information content (AvgIpc) is 2.97. The molecular weight excluding hydrogens is 338 g/mol. The molecule has 1 aliphatic carbocycles. The van der Waals surface area contributed by atoms with Crippen LogP contribution in [-0.4, -0.2) is 20.8 Å². The molecular formula is C22H23N3O2. The summed E-state index contributed by atoms with van der Waals surface area (Å²) in [5.74, 6) is 0.181. The maximum atomic E-state index is 12.8. The Morgan fingerprint density at radius 2 is 1.74 bits per heavy atom. The van der Waals surface area contributed by atoms with Gasteiger partial charge in [-0.25, -0.2) is 0 Å². The first-order valence-corrected chi connectivity index (χ1v) is 9.25. The number of aromatic hydroxyl groups is 1. The van der Waals surface area contributed by atoms with Gasteiger partial charge in [0.05, 0.1) is 11.7 Å². The Morgan fingerprint density at radius 3 is 2.41 bits per heavy atom. The van der Waals surface area contributed by atoms with Crippen LogP contribution in [0, 0.1) is 6.92 Å². The van der Waals surface area contributed by atoms with Gasteiger partial charge in [0.2, 0.25) is 0 Å². The molecule has 1 aromatic heterocycles. The molecule has 0 fully saturated rings. The molecule has 2 aromatic carbocycles. The Labute approximate surface area is 158 Å². The van der Waals surface area contributed by atoms with Gasteiger partial charge in [0.25, 0.3) is 5.91 Å². The van der Waals surface area contributed by atoms with Gasteiger partial charge < -0.3 is 10.4 Å². The van der Waals surface area contributed by atoms with Crippen LogP contribution in [0.4, 0.5) is 0 Å². The number of nitrogens with zero attached hydrogens (tertiary/aromatic N) is 2. The van der Waals surface area contributed by atoms with E-state index in [4.69, 9.17) is 0 Å². The number of aromatic nitrogens is 2. The van der Waals surface area contributed by atoms with Gasteiger partial charge in [-0.05, 0) is 61.6 Å². The molecule has 0 spiro atoms. The predicted octanol–water partition coefficient (Wildman–Crippen LogP) is 3.91. The Hall–Kier alpha value is -3.08. The maximum Gasteiger partial charge on any atom is 0.251 e. The summed E-state index contributed by atoms with van der Waals surface area (Å²) in [7, 11) is 1.97. The maximum absolute atomic E-state index is 12.8. The first kappa shape index (κ1) is 17.3. The zero-order valence-corrected chi connectivity index (χ0v) is 15.6. The van der Waals surface area contributed by atoms with Gasteiger partial charge in [-0.15, -0.1) is 0 Å². The summed E-state index contributed by atoms with van der Waals surface area (Å²) in [5.41, 5.74) is 6.06. The van der Waals surface area contributed by atoms with E-state index in [0.717, 1.165) is 36.1 Å². The zero-order valence-electron chi connectivity index (χ0n) is 15.6. The number of phenolic OH excluding ortho intramolecular Hbond substituents is 1. The third-order valence-corrected chi connectivity index (χ3v) is 5.30. The van der Waals surface area contributed by atoms with Crippen LogP contribution in [0.1, 0.15) is 46.2 Å². The highest BCUT2D eigenvalue weighted by Gasteiger charge is 2.27. The van der Waals surface area contributed by atoms with Crippen molar-refractivity contribution in [3.8, 4) is 16.9 Å². The fourth-order valence-electron chi connectivity index (χ4n) is 3.94. The fraction of sp³-hybridized carbons (Fsp3) is 0.273. The number of phenols is 1. The highest BCUT2D eigenvalue weighted by atomic mass is 16.3. The van der Waals surface area contributed by atoms with Crippen LogP contribution in [-0.2, 0) is 13.5 Å². The molecule has 5 heteroatoms. The number of aryl methyl sites for hydroxylation is 2. The van der Waals surface area contributed by atoms with Gasteiger partial charge in [-0.1, -0.05) is 24.3 Å². The normalized spacial score (nSPS) is 16.0. The van der Waals surface area contributed by atoms with E-state index < -0.39 is 0 Å². The predicted molar refractivity (Wildman–Crippen MR) is 105 cm³/mol. The van der Waals surface area contributed by atoms with Crippen LogP contribution in [0.15, 0.2) is 48.5 Å². The van der Waals surface area contributed by atoms with Crippen molar-refractivity contribution >= 4 is 5.91 Å². The van der Waals surface area contributed by atoms with Gasteiger partial charge in [0.15, 0.2) is 0 Å². The lowest BCUT2D eigenvalue weighted by molar-refractivity contribution is 0.0932. The molecule has 2 N–H and O–H groups in total. The molecule has 1 amide bonds. The number of carbonyl (C=O) groups is 1. The van der Waals surface area contributed by atoms with Crippen molar-refractivity contribution < 1.29 is 9.90 Å². The zero-order chi connectivity index (χ0) is 19.0. The van der Waals surface area contributed by atoms with E-state index in [-0.39, 0.29) is 17.7 Å². The van der Waals surface area contributed by atoms with Crippen molar-refractivity contribution in [2.75, 3.05) is 0 Å². The number of hydrogen-bond donors (Lipinski definition) is 2. The van der Waals surface area contributed by atoms with Crippen molar-refractivity contribution in [3.05, 3.63) is 71.0 Å². The molecule has 0 saturated carbocycles. The molecule has 138 valence electrons. The number of fused-ring (bicyclic) bond motifs is 1. The van der Waals surface area contributed by atoms with Gasteiger partial charge >= 0.3 is 0 Å². The minimum Gasteiger partial charge on any atom is -0.508 e. The molecule has 1 aliphatic rings. The SMILES string of the molecule is Cc1nn(C)c2c1C(NC(=O)c1ccc(-c3ccc(O)cc3)cc1)CCC2. The van der Waals surface area contributed by atoms with E-state index in [1.807, 2.05) is 55.1 Å². The monoisotopic (exact) mass is 361 g/mol. The second-order valence-corrected chi connectivity index (χ2v) is 7.11. The molecule has 27 heavy (non-hydrogen) atoms. The molecule has 0 saturated heterocycles. The van der Waals surface area contributed by atoms with Crippen molar-refractivity contribution in [3.63, 3.8) is 0 Å². The van der Waals surface area contributed by atoms with Gasteiger partial charge in [0.1, 0.15) is 5.75 Å². The topological polar surface area (TPSA) is 67.2 Å². The van der Waals surface area contributed by atoms with Gasteiger partial charge in [0, 0.05) is 23.9 Å². The number of rotatable bonds is 3. The Balaban J connectivity index is 1.52. The third kappa shape index (κ3) is 3.33. The molecule has 5 nitrogen and oxygen atoms in total. The lowest BCUT2D eigenvalue weighted by Crippen LogP contribution is -2.31. The van der Waals surface area contributed by atoms with Crippen molar-refractivity contribution in [2.45, 2.75) is 32.2 Å². The smallest absolute Gasteiger partial charge is 0.251 e. The lowest BCUT2D eigenvalue weighted by Gasteiger charge is -2.24. The van der Waals surface area contributed by atoms with Crippen molar-refractivity contribution in [1.82, 2.24) is 15.1 Å². The van der Waals surface area contributed by atoms with Crippen LogP contribution in [0.25, 0.3) is 11.1 Å². The second-order valence-electron chi connectivity index (χ2n) is 7.11. The Bertz CT molecular complexity index is 972. The fourth-order valence-corrected chi connectivity index (χ4v) is 3.94. The van der Waals surface area contributed by atoms with Crippen LogP contribution < -0.4 is 5.32 Å².